The van der Waals surface area contributed by atoms with Crippen molar-refractivity contribution in [2.45, 2.75) is 39.3 Å². The van der Waals surface area contributed by atoms with Crippen LogP contribution >= 0.6 is 12.4 Å². The zero-order valence-corrected chi connectivity index (χ0v) is 11.2. The van der Waals surface area contributed by atoms with Crippen molar-refractivity contribution in [3.05, 3.63) is 0 Å². The highest BCUT2D eigenvalue weighted by molar-refractivity contribution is 5.85. The highest BCUT2D eigenvalue weighted by Crippen LogP contribution is 2.05. The van der Waals surface area contributed by atoms with Crippen LogP contribution in [0, 0.1) is 0 Å². The van der Waals surface area contributed by atoms with Crippen molar-refractivity contribution in [1.29, 1.82) is 0 Å². The number of rotatable bonds is 4. The smallest absolute Gasteiger partial charge is 0.225 e. The van der Waals surface area contributed by atoms with E-state index in [2.05, 4.69) is 12.2 Å². The summed E-state index contributed by atoms with van der Waals surface area (Å²) in [5.41, 5.74) is 0. The van der Waals surface area contributed by atoms with Gasteiger partial charge in [-0.05, 0) is 20.8 Å². The van der Waals surface area contributed by atoms with Gasteiger partial charge in [-0.1, -0.05) is 0 Å². The molecule has 4 nitrogen and oxygen atoms in total. The highest BCUT2D eigenvalue weighted by atomic mass is 35.5. The topological polar surface area (TPSA) is 41.6 Å². The summed E-state index contributed by atoms with van der Waals surface area (Å²) in [7, 11) is 0. The fraction of sp³-hybridized carbons (Fsp3) is 0.909. The number of ether oxygens (including phenoxy) is 1. The third-order valence-corrected chi connectivity index (χ3v) is 2.59. The molecule has 0 aromatic rings. The molecule has 1 saturated heterocycles. The number of halogens is 1. The zero-order chi connectivity index (χ0) is 11.3. The van der Waals surface area contributed by atoms with Crippen LogP contribution in [-0.4, -0.2) is 49.2 Å². The highest BCUT2D eigenvalue weighted by Gasteiger charge is 2.22. The van der Waals surface area contributed by atoms with E-state index in [9.17, 15) is 4.79 Å². The second-order valence-corrected chi connectivity index (χ2v) is 4.31. The number of nitrogens with zero attached hydrogens (tertiary/aromatic N) is 1. The molecule has 0 radical (unpaired) electrons. The summed E-state index contributed by atoms with van der Waals surface area (Å²) < 4.78 is 5.38. The average molecular weight is 251 g/mol. The molecule has 0 aliphatic carbocycles. The normalized spacial score (nSPS) is 20.8. The van der Waals surface area contributed by atoms with Gasteiger partial charge in [-0.3, -0.25) is 4.79 Å². The third kappa shape index (κ3) is 5.14. The Labute approximate surface area is 104 Å². The number of nitrogens with one attached hydrogen (secondary N) is 1. The van der Waals surface area contributed by atoms with E-state index in [0.717, 1.165) is 19.6 Å². The third-order valence-electron chi connectivity index (χ3n) is 2.59. The average Bonchev–Trinajstić information content (AvgIpc) is 2.17. The molecule has 1 atom stereocenters. The summed E-state index contributed by atoms with van der Waals surface area (Å²) in [6, 6.07) is 0.310. The summed E-state index contributed by atoms with van der Waals surface area (Å²) in [4.78, 5) is 13.8. The SMILES string of the molecule is CC(C)OCCC(=O)N1CCNC[C@H]1C.Cl. The van der Waals surface area contributed by atoms with Gasteiger partial charge in [0.2, 0.25) is 5.91 Å². The predicted molar refractivity (Wildman–Crippen MR) is 67.0 cm³/mol. The van der Waals surface area contributed by atoms with Crippen LogP contribution in [0.5, 0.6) is 0 Å². The van der Waals surface area contributed by atoms with Crippen LogP contribution in [0.15, 0.2) is 0 Å². The van der Waals surface area contributed by atoms with Crippen LogP contribution in [0.3, 0.4) is 0 Å². The van der Waals surface area contributed by atoms with E-state index in [-0.39, 0.29) is 24.4 Å². The lowest BCUT2D eigenvalue weighted by Gasteiger charge is -2.34. The molecular weight excluding hydrogens is 228 g/mol. The molecule has 1 fully saturated rings. The van der Waals surface area contributed by atoms with Gasteiger partial charge >= 0.3 is 0 Å². The minimum absolute atomic E-state index is 0. The lowest BCUT2D eigenvalue weighted by atomic mass is 10.2. The molecule has 0 unspecified atom stereocenters. The molecule has 0 aromatic carbocycles. The molecular formula is C11H23ClN2O2. The molecule has 1 aliphatic heterocycles. The van der Waals surface area contributed by atoms with E-state index < -0.39 is 0 Å². The summed E-state index contributed by atoms with van der Waals surface area (Å²) in [6.07, 6.45) is 0.709. The van der Waals surface area contributed by atoms with Gasteiger partial charge in [0.05, 0.1) is 19.1 Å². The van der Waals surface area contributed by atoms with Crippen molar-refractivity contribution in [1.82, 2.24) is 10.2 Å². The van der Waals surface area contributed by atoms with Crippen LogP contribution in [-0.2, 0) is 9.53 Å². The van der Waals surface area contributed by atoms with Gasteiger partial charge in [0.25, 0.3) is 0 Å². The summed E-state index contributed by atoms with van der Waals surface area (Å²) in [6.45, 7) is 9.20. The van der Waals surface area contributed by atoms with E-state index in [1.807, 2.05) is 18.7 Å². The predicted octanol–water partition coefficient (Wildman–Crippen LogP) is 1.04. The minimum atomic E-state index is 0. The Morgan fingerprint density at radius 2 is 2.25 bits per heavy atom. The number of piperazine rings is 1. The van der Waals surface area contributed by atoms with Crippen molar-refractivity contribution >= 4 is 18.3 Å². The Bertz CT molecular complexity index is 212. The standard InChI is InChI=1S/C11H22N2O2.ClH/c1-9(2)15-7-4-11(14)13-6-5-12-8-10(13)3;/h9-10,12H,4-8H2,1-3H3;1H/t10-;/m1./s1. The number of hydrogen-bond acceptors (Lipinski definition) is 3. The number of hydrogen-bond donors (Lipinski definition) is 1. The number of carbonyl (C=O) groups is 1. The molecule has 0 aromatic heterocycles. The maximum Gasteiger partial charge on any atom is 0.225 e. The molecule has 5 heteroatoms. The van der Waals surface area contributed by atoms with Crippen LogP contribution < -0.4 is 5.32 Å². The first kappa shape index (κ1) is 15.7. The first-order valence-electron chi connectivity index (χ1n) is 5.73. The van der Waals surface area contributed by atoms with E-state index in [4.69, 9.17) is 4.74 Å². The molecule has 1 aliphatic rings. The molecule has 1 heterocycles. The Hall–Kier alpha value is -0.320. The molecule has 96 valence electrons. The molecule has 16 heavy (non-hydrogen) atoms. The molecule has 0 bridgehead atoms. The van der Waals surface area contributed by atoms with E-state index in [1.54, 1.807) is 0 Å². The summed E-state index contributed by atoms with van der Waals surface area (Å²) >= 11 is 0. The maximum absolute atomic E-state index is 11.8. The van der Waals surface area contributed by atoms with Crippen molar-refractivity contribution in [3.8, 4) is 0 Å². The van der Waals surface area contributed by atoms with Crippen LogP contribution in [0.4, 0.5) is 0 Å². The van der Waals surface area contributed by atoms with Gasteiger partial charge in [-0.25, -0.2) is 0 Å². The Morgan fingerprint density at radius 1 is 1.56 bits per heavy atom. The lowest BCUT2D eigenvalue weighted by molar-refractivity contribution is -0.135. The van der Waals surface area contributed by atoms with Gasteiger partial charge in [0, 0.05) is 25.7 Å². The molecule has 1 N–H and O–H groups in total. The van der Waals surface area contributed by atoms with E-state index >= 15 is 0 Å². The van der Waals surface area contributed by atoms with Crippen molar-refractivity contribution in [2.75, 3.05) is 26.2 Å². The van der Waals surface area contributed by atoms with E-state index in [1.165, 1.54) is 0 Å². The maximum atomic E-state index is 11.8. The fourth-order valence-electron chi connectivity index (χ4n) is 1.74. The number of amides is 1. The van der Waals surface area contributed by atoms with Crippen molar-refractivity contribution < 1.29 is 9.53 Å². The van der Waals surface area contributed by atoms with Crippen molar-refractivity contribution in [3.63, 3.8) is 0 Å². The second-order valence-electron chi connectivity index (χ2n) is 4.31. The fourth-order valence-corrected chi connectivity index (χ4v) is 1.74. The van der Waals surface area contributed by atoms with Gasteiger partial charge in [-0.2, -0.15) is 0 Å². The van der Waals surface area contributed by atoms with E-state index in [0.29, 0.717) is 19.1 Å². The zero-order valence-electron chi connectivity index (χ0n) is 10.4. The van der Waals surface area contributed by atoms with Gasteiger partial charge in [0.15, 0.2) is 0 Å². The molecule has 1 rings (SSSR count). The quantitative estimate of drug-likeness (QED) is 0.811. The number of carbonyl (C=O) groups excluding carboxylic acids is 1. The molecule has 1 amide bonds. The summed E-state index contributed by atoms with van der Waals surface area (Å²) in [5.74, 6) is 0.213. The molecule has 0 spiro atoms. The van der Waals surface area contributed by atoms with Crippen LogP contribution in [0.1, 0.15) is 27.2 Å². The molecule has 0 saturated carbocycles. The second kappa shape index (κ2) is 7.87. The Balaban J connectivity index is 0.00000225. The van der Waals surface area contributed by atoms with Gasteiger partial charge in [0.1, 0.15) is 0 Å². The first-order chi connectivity index (χ1) is 7.11. The van der Waals surface area contributed by atoms with Crippen molar-refractivity contribution in [2.24, 2.45) is 0 Å². The van der Waals surface area contributed by atoms with Crippen LogP contribution in [0.25, 0.3) is 0 Å². The first-order valence-corrected chi connectivity index (χ1v) is 5.73. The Kier molecular flexibility index (Phi) is 7.72. The minimum Gasteiger partial charge on any atom is -0.378 e. The monoisotopic (exact) mass is 250 g/mol. The largest absolute Gasteiger partial charge is 0.378 e. The van der Waals surface area contributed by atoms with Crippen LogP contribution in [0.2, 0.25) is 0 Å². The Morgan fingerprint density at radius 3 is 2.81 bits per heavy atom. The van der Waals surface area contributed by atoms with Gasteiger partial charge in [-0.15, -0.1) is 12.4 Å². The van der Waals surface area contributed by atoms with Gasteiger partial charge < -0.3 is 15.0 Å². The lowest BCUT2D eigenvalue weighted by Crippen LogP contribution is -2.52. The summed E-state index contributed by atoms with van der Waals surface area (Å²) in [5, 5.41) is 3.27.